The summed E-state index contributed by atoms with van der Waals surface area (Å²) in [6, 6.07) is 9.23. The van der Waals surface area contributed by atoms with Gasteiger partial charge in [-0.15, -0.1) is 0 Å². The molecular weight excluding hydrogens is 420 g/mol. The molecule has 0 N–H and O–H groups in total. The number of benzene rings is 1. The van der Waals surface area contributed by atoms with Crippen LogP contribution in [0.25, 0.3) is 0 Å². The third-order valence-corrected chi connectivity index (χ3v) is 6.47. The Bertz CT molecular complexity index is 820. The van der Waals surface area contributed by atoms with Gasteiger partial charge in [0.05, 0.1) is 6.20 Å². The first-order valence-electron chi connectivity index (χ1n) is 13.7. The molecule has 1 aromatic heterocycles. The molecular formula is C30H45N2O2+. The number of unbranched alkanes of at least 4 members (excludes halogenated alkanes) is 14. The molecule has 186 valence electrons. The van der Waals surface area contributed by atoms with Crippen molar-refractivity contribution in [1.29, 1.82) is 0 Å². The fourth-order valence-electron chi connectivity index (χ4n) is 4.34. The Kier molecular flexibility index (Phi) is 14.8. The molecule has 0 aliphatic rings. The van der Waals surface area contributed by atoms with Crippen molar-refractivity contribution in [3.05, 3.63) is 60.2 Å². The van der Waals surface area contributed by atoms with Crippen molar-refractivity contribution in [1.82, 2.24) is 4.98 Å². The van der Waals surface area contributed by atoms with Crippen molar-refractivity contribution in [2.24, 2.45) is 0 Å². The minimum atomic E-state index is 0.0256. The summed E-state index contributed by atoms with van der Waals surface area (Å²) in [5, 5.41) is 0. The third-order valence-electron chi connectivity index (χ3n) is 6.47. The summed E-state index contributed by atoms with van der Waals surface area (Å²) in [6.07, 6.45) is 25.3. The largest absolute Gasteiger partial charge is 0.292 e. The van der Waals surface area contributed by atoms with Gasteiger partial charge in [-0.25, -0.2) is 4.98 Å². The van der Waals surface area contributed by atoms with E-state index >= 15 is 0 Å². The van der Waals surface area contributed by atoms with E-state index in [0.717, 1.165) is 12.8 Å². The highest BCUT2D eigenvalue weighted by Gasteiger charge is 2.16. The molecule has 0 saturated heterocycles. The van der Waals surface area contributed by atoms with Crippen LogP contribution in [-0.2, 0) is 6.54 Å². The molecule has 0 amide bonds. The monoisotopic (exact) mass is 465 g/mol. The summed E-state index contributed by atoms with van der Waals surface area (Å²) >= 11 is 0. The van der Waals surface area contributed by atoms with Crippen LogP contribution >= 0.6 is 0 Å². The average Bonchev–Trinajstić information content (AvgIpc) is 2.87. The van der Waals surface area contributed by atoms with Crippen molar-refractivity contribution in [3.63, 3.8) is 0 Å². The second-order valence-electron chi connectivity index (χ2n) is 9.53. The van der Waals surface area contributed by atoms with E-state index in [9.17, 15) is 9.59 Å². The molecule has 0 fully saturated rings. The van der Waals surface area contributed by atoms with Gasteiger partial charge in [-0.3, -0.25) is 9.59 Å². The normalized spacial score (nSPS) is 11.0. The van der Waals surface area contributed by atoms with Gasteiger partial charge in [0.15, 0.2) is 23.9 Å². The van der Waals surface area contributed by atoms with Crippen molar-refractivity contribution >= 4 is 11.6 Å². The molecule has 0 saturated carbocycles. The van der Waals surface area contributed by atoms with Crippen LogP contribution in [0, 0.1) is 0 Å². The van der Waals surface area contributed by atoms with Crippen LogP contribution in [-0.4, -0.2) is 16.6 Å². The fraction of sp³-hybridized carbons (Fsp3) is 0.600. The van der Waals surface area contributed by atoms with Crippen molar-refractivity contribution in [2.45, 2.75) is 116 Å². The number of carbonyl (C=O) groups excluding carboxylic acids is 2. The number of hydrogen-bond donors (Lipinski definition) is 0. The van der Waals surface area contributed by atoms with Crippen molar-refractivity contribution in [3.8, 4) is 0 Å². The number of carbonyl (C=O) groups is 2. The van der Waals surface area contributed by atoms with E-state index in [-0.39, 0.29) is 18.1 Å². The molecule has 4 heteroatoms. The van der Waals surface area contributed by atoms with E-state index in [4.69, 9.17) is 0 Å². The molecule has 2 aromatic rings. The van der Waals surface area contributed by atoms with Gasteiger partial charge in [-0.2, -0.15) is 4.57 Å². The van der Waals surface area contributed by atoms with E-state index in [1.165, 1.54) is 83.5 Å². The Morgan fingerprint density at radius 2 is 1.24 bits per heavy atom. The molecule has 0 aliphatic heterocycles. The van der Waals surface area contributed by atoms with Crippen LogP contribution in [0.15, 0.2) is 48.9 Å². The molecule has 1 heterocycles. The lowest BCUT2D eigenvalue weighted by Gasteiger charge is -2.03. The third kappa shape index (κ3) is 12.2. The molecule has 0 bridgehead atoms. The molecule has 4 nitrogen and oxygen atoms in total. The molecule has 0 aliphatic carbocycles. The van der Waals surface area contributed by atoms with Gasteiger partial charge in [0, 0.05) is 12.0 Å². The minimum Gasteiger partial charge on any atom is -0.292 e. The van der Waals surface area contributed by atoms with E-state index in [1.807, 2.05) is 30.3 Å². The number of ketones is 2. The summed E-state index contributed by atoms with van der Waals surface area (Å²) in [4.78, 5) is 29.1. The van der Waals surface area contributed by atoms with Crippen LogP contribution in [0.5, 0.6) is 0 Å². The second kappa shape index (κ2) is 18.0. The smallest absolute Gasteiger partial charge is 0.227 e. The molecule has 0 atom stereocenters. The average molecular weight is 466 g/mol. The molecule has 0 unspecified atom stereocenters. The maximum atomic E-state index is 12.5. The van der Waals surface area contributed by atoms with Crippen LogP contribution in [0.1, 0.15) is 131 Å². The highest BCUT2D eigenvalue weighted by molar-refractivity contribution is 5.95. The number of rotatable bonds is 20. The molecule has 2 rings (SSSR count). The van der Waals surface area contributed by atoms with Crippen LogP contribution in [0.4, 0.5) is 0 Å². The highest BCUT2D eigenvalue weighted by atomic mass is 16.1. The van der Waals surface area contributed by atoms with Gasteiger partial charge in [-0.1, -0.05) is 127 Å². The number of hydrogen-bond acceptors (Lipinski definition) is 3. The van der Waals surface area contributed by atoms with Crippen molar-refractivity contribution < 1.29 is 14.2 Å². The molecule has 1 aromatic carbocycles. The topological polar surface area (TPSA) is 50.9 Å². The van der Waals surface area contributed by atoms with Crippen LogP contribution < -0.4 is 4.57 Å². The Morgan fingerprint density at radius 1 is 0.706 bits per heavy atom. The maximum absolute atomic E-state index is 12.5. The predicted octanol–water partition coefficient (Wildman–Crippen LogP) is 7.70. The number of nitrogens with zero attached hydrogens (tertiary/aromatic N) is 2. The summed E-state index contributed by atoms with van der Waals surface area (Å²) in [5.41, 5.74) is 1.13. The number of aromatic nitrogens is 2. The summed E-state index contributed by atoms with van der Waals surface area (Å²) < 4.78 is 1.75. The predicted molar refractivity (Wildman–Crippen MR) is 139 cm³/mol. The van der Waals surface area contributed by atoms with Gasteiger partial charge < -0.3 is 0 Å². The molecule has 0 spiro atoms. The zero-order valence-corrected chi connectivity index (χ0v) is 21.4. The standard InChI is InChI=1S/C30H45N2O2/c1-2-3-4-5-6-7-8-9-10-11-12-13-14-15-19-22-29(33)28-25-32(24-23-31-28)26-30(34)27-20-17-16-18-21-27/h16-18,20-21,23-25H,2-15,19,22,26H2,1H3/q+1. The number of Topliss-reactive ketones (excluding diaryl/α,β-unsaturated/α-hetero) is 2. The molecule has 0 radical (unpaired) electrons. The minimum absolute atomic E-state index is 0.0256. The summed E-state index contributed by atoms with van der Waals surface area (Å²) in [6.45, 7) is 2.49. The van der Waals surface area contributed by atoms with Crippen molar-refractivity contribution in [2.75, 3.05) is 0 Å². The van der Waals surface area contributed by atoms with Gasteiger partial charge in [-0.05, 0) is 6.42 Å². The van der Waals surface area contributed by atoms with Crippen LogP contribution in [0.3, 0.4) is 0 Å². The summed E-state index contributed by atoms with van der Waals surface area (Å²) in [5.74, 6) is 0.0915. The quantitative estimate of drug-likeness (QED) is 0.114. The Balaban J connectivity index is 1.50. The SMILES string of the molecule is CCCCCCCCCCCCCCCCCC(=O)c1c[n+](CC(=O)c2ccccc2)ccn1. The Labute approximate surface area is 207 Å². The maximum Gasteiger partial charge on any atom is 0.227 e. The lowest BCUT2D eigenvalue weighted by Crippen LogP contribution is -2.38. The van der Waals surface area contributed by atoms with E-state index < -0.39 is 0 Å². The zero-order valence-electron chi connectivity index (χ0n) is 21.4. The lowest BCUT2D eigenvalue weighted by atomic mass is 10.0. The van der Waals surface area contributed by atoms with E-state index in [0.29, 0.717) is 17.7 Å². The first kappa shape index (κ1) is 27.9. The lowest BCUT2D eigenvalue weighted by molar-refractivity contribution is -0.683. The van der Waals surface area contributed by atoms with Crippen LogP contribution in [0.2, 0.25) is 0 Å². The fourth-order valence-corrected chi connectivity index (χ4v) is 4.34. The Morgan fingerprint density at radius 3 is 1.79 bits per heavy atom. The van der Waals surface area contributed by atoms with Gasteiger partial charge in [0.1, 0.15) is 0 Å². The Hall–Kier alpha value is -2.36. The van der Waals surface area contributed by atoms with E-state index in [2.05, 4.69) is 11.9 Å². The second-order valence-corrected chi connectivity index (χ2v) is 9.53. The molecule has 34 heavy (non-hydrogen) atoms. The van der Waals surface area contributed by atoms with Gasteiger partial charge in [0.2, 0.25) is 12.3 Å². The first-order valence-corrected chi connectivity index (χ1v) is 13.7. The van der Waals surface area contributed by atoms with Gasteiger partial charge >= 0.3 is 0 Å². The summed E-state index contributed by atoms with van der Waals surface area (Å²) in [7, 11) is 0. The zero-order chi connectivity index (χ0) is 24.3. The van der Waals surface area contributed by atoms with E-state index in [1.54, 1.807) is 23.2 Å². The van der Waals surface area contributed by atoms with Gasteiger partial charge in [0.25, 0.3) is 0 Å². The highest BCUT2D eigenvalue weighted by Crippen LogP contribution is 2.14. The first-order chi connectivity index (χ1) is 16.7.